The number of carbonyl (C=O) groups is 2. The van der Waals surface area contributed by atoms with Gasteiger partial charge in [-0.3, -0.25) is 9.36 Å². The molecule has 0 fully saturated rings. The van der Waals surface area contributed by atoms with Crippen molar-refractivity contribution in [2.24, 2.45) is 0 Å². The van der Waals surface area contributed by atoms with Crippen LogP contribution in [0.15, 0.2) is 35.5 Å². The molecule has 2 heterocycles. The molecule has 0 saturated carbocycles. The summed E-state index contributed by atoms with van der Waals surface area (Å²) in [7, 11) is 0. The quantitative estimate of drug-likeness (QED) is 0.867. The van der Waals surface area contributed by atoms with Crippen LogP contribution in [-0.2, 0) is 16.1 Å². The number of anilines is 1. The first-order valence-corrected chi connectivity index (χ1v) is 7.57. The van der Waals surface area contributed by atoms with Gasteiger partial charge in [-0.2, -0.15) is 8.78 Å². The molecule has 1 amide bonds. The topological polar surface area (TPSA) is 73.2 Å². The third-order valence-electron chi connectivity index (χ3n) is 3.14. The Morgan fingerprint density at radius 2 is 2.30 bits per heavy atom. The van der Waals surface area contributed by atoms with E-state index in [0.717, 1.165) is 11.1 Å². The lowest BCUT2D eigenvalue weighted by Crippen LogP contribution is -2.19. The fourth-order valence-corrected chi connectivity index (χ4v) is 2.85. The molecule has 6 nitrogen and oxygen atoms in total. The smallest absolute Gasteiger partial charge is 0.338 e. The highest BCUT2D eigenvalue weighted by atomic mass is 32.2. The van der Waals surface area contributed by atoms with Crippen molar-refractivity contribution in [3.8, 4) is 0 Å². The fraction of sp³-hybridized carbons (Fsp3) is 0.214. The Balaban J connectivity index is 1.70. The first-order chi connectivity index (χ1) is 11.0. The molecule has 2 aromatic rings. The summed E-state index contributed by atoms with van der Waals surface area (Å²) in [5.41, 5.74) is 0.761. The third-order valence-corrected chi connectivity index (χ3v) is 4.21. The largest absolute Gasteiger partial charge is 0.454 e. The molecule has 1 aliphatic heterocycles. The van der Waals surface area contributed by atoms with E-state index in [0.29, 0.717) is 16.0 Å². The van der Waals surface area contributed by atoms with Gasteiger partial charge in [-0.15, -0.1) is 11.8 Å². The number of ether oxygens (including phenoxy) is 1. The molecule has 1 aromatic heterocycles. The number of imidazole rings is 1. The summed E-state index contributed by atoms with van der Waals surface area (Å²) in [5.74, 6) is -0.545. The minimum atomic E-state index is -2.75. The molecule has 23 heavy (non-hydrogen) atoms. The van der Waals surface area contributed by atoms with Gasteiger partial charge in [-0.05, 0) is 18.2 Å². The highest BCUT2D eigenvalue weighted by Gasteiger charge is 2.19. The lowest BCUT2D eigenvalue weighted by molar-refractivity contribution is -0.113. The van der Waals surface area contributed by atoms with Crippen molar-refractivity contribution >= 4 is 29.3 Å². The van der Waals surface area contributed by atoms with Crippen LogP contribution in [0.5, 0.6) is 0 Å². The summed E-state index contributed by atoms with van der Waals surface area (Å²) in [6.07, 6.45) is 2.32. The number of aromatic nitrogens is 2. The molecule has 0 aliphatic carbocycles. The molecule has 9 heteroatoms. The van der Waals surface area contributed by atoms with E-state index in [1.165, 1.54) is 24.0 Å². The van der Waals surface area contributed by atoms with Crippen LogP contribution >= 0.6 is 11.8 Å². The van der Waals surface area contributed by atoms with Crippen LogP contribution in [0.25, 0.3) is 0 Å². The van der Waals surface area contributed by atoms with Gasteiger partial charge in [0.15, 0.2) is 5.82 Å². The second-order valence-corrected chi connectivity index (χ2v) is 5.67. The lowest BCUT2D eigenvalue weighted by Gasteiger charge is -2.16. The minimum Gasteiger partial charge on any atom is -0.454 e. The average Bonchev–Trinajstić information content (AvgIpc) is 3.00. The van der Waals surface area contributed by atoms with E-state index in [1.807, 2.05) is 0 Å². The molecule has 0 spiro atoms. The standard InChI is InChI=1S/C14H11F2N3O3S/c15-14(16)19-4-3-17-11(19)6-22-13(21)8-1-2-10-9(5-8)18-12(20)7-23-10/h1-5,14H,6-7H2,(H,18,20). The van der Waals surface area contributed by atoms with Gasteiger partial charge in [0.25, 0.3) is 0 Å². The lowest BCUT2D eigenvalue weighted by atomic mass is 10.2. The van der Waals surface area contributed by atoms with Gasteiger partial charge in [-0.1, -0.05) is 0 Å². The minimum absolute atomic E-state index is 0.0461. The molecule has 120 valence electrons. The number of benzene rings is 1. The maximum absolute atomic E-state index is 12.7. The van der Waals surface area contributed by atoms with Gasteiger partial charge in [-0.25, -0.2) is 9.78 Å². The Kier molecular flexibility index (Phi) is 4.28. The molecule has 0 bridgehead atoms. The number of alkyl halides is 2. The summed E-state index contributed by atoms with van der Waals surface area (Å²) < 4.78 is 31.0. The molecule has 0 atom stereocenters. The maximum Gasteiger partial charge on any atom is 0.338 e. The number of halogens is 2. The van der Waals surface area contributed by atoms with Crippen molar-refractivity contribution in [1.82, 2.24) is 9.55 Å². The van der Waals surface area contributed by atoms with E-state index in [9.17, 15) is 18.4 Å². The van der Waals surface area contributed by atoms with Gasteiger partial charge in [0.1, 0.15) is 6.61 Å². The monoisotopic (exact) mass is 339 g/mol. The first kappa shape index (κ1) is 15.5. The van der Waals surface area contributed by atoms with Crippen LogP contribution in [0.3, 0.4) is 0 Å². The zero-order valence-electron chi connectivity index (χ0n) is 11.7. The summed E-state index contributed by atoms with van der Waals surface area (Å²) in [5, 5.41) is 2.67. The van der Waals surface area contributed by atoms with Gasteiger partial charge < -0.3 is 10.1 Å². The Morgan fingerprint density at radius 3 is 3.09 bits per heavy atom. The van der Waals surface area contributed by atoms with Crippen LogP contribution < -0.4 is 5.32 Å². The zero-order chi connectivity index (χ0) is 16.4. The number of nitrogens with one attached hydrogen (secondary N) is 1. The van der Waals surface area contributed by atoms with Crippen molar-refractivity contribution in [2.45, 2.75) is 18.1 Å². The van der Waals surface area contributed by atoms with Gasteiger partial charge in [0.05, 0.1) is 17.0 Å². The number of fused-ring (bicyclic) bond motifs is 1. The van der Waals surface area contributed by atoms with Gasteiger partial charge in [0.2, 0.25) is 5.91 Å². The van der Waals surface area contributed by atoms with Crippen LogP contribution in [0, 0.1) is 0 Å². The number of nitrogens with zero attached hydrogens (tertiary/aromatic N) is 2. The van der Waals surface area contributed by atoms with Crippen molar-refractivity contribution in [3.05, 3.63) is 42.0 Å². The number of amides is 1. The first-order valence-electron chi connectivity index (χ1n) is 6.58. The Morgan fingerprint density at radius 1 is 1.48 bits per heavy atom. The van der Waals surface area contributed by atoms with E-state index < -0.39 is 12.5 Å². The van der Waals surface area contributed by atoms with E-state index in [4.69, 9.17) is 4.74 Å². The Bertz CT molecular complexity index is 763. The molecule has 0 saturated heterocycles. The number of thioether (sulfide) groups is 1. The number of esters is 1. The zero-order valence-corrected chi connectivity index (χ0v) is 12.5. The summed E-state index contributed by atoms with van der Waals surface area (Å²) in [6.45, 7) is -3.11. The number of carbonyl (C=O) groups excluding carboxylic acids is 2. The molecular formula is C14H11F2N3O3S. The van der Waals surface area contributed by atoms with Crippen molar-refractivity contribution in [1.29, 1.82) is 0 Å². The van der Waals surface area contributed by atoms with Crippen LogP contribution in [0.1, 0.15) is 22.7 Å². The van der Waals surface area contributed by atoms with Crippen LogP contribution in [0.2, 0.25) is 0 Å². The molecule has 3 rings (SSSR count). The SMILES string of the molecule is O=C1CSc2ccc(C(=O)OCc3nccn3C(F)F)cc2N1. The average molecular weight is 339 g/mol. The highest BCUT2D eigenvalue weighted by Crippen LogP contribution is 2.32. The summed E-state index contributed by atoms with van der Waals surface area (Å²) in [4.78, 5) is 28.0. The predicted molar refractivity (Wildman–Crippen MR) is 78.4 cm³/mol. The molecule has 0 unspecified atom stereocenters. The van der Waals surface area contributed by atoms with Gasteiger partial charge in [0, 0.05) is 17.3 Å². The Hall–Kier alpha value is -2.42. The predicted octanol–water partition coefficient (Wildman–Crippen LogP) is 2.68. The fourth-order valence-electron chi connectivity index (χ4n) is 2.06. The molecule has 1 aliphatic rings. The highest BCUT2D eigenvalue weighted by molar-refractivity contribution is 8.00. The second kappa shape index (κ2) is 6.37. The summed E-state index contributed by atoms with van der Waals surface area (Å²) in [6, 6.07) is 4.77. The van der Waals surface area contributed by atoms with E-state index in [1.54, 1.807) is 12.1 Å². The normalized spacial score (nSPS) is 13.6. The van der Waals surface area contributed by atoms with Crippen LogP contribution in [-0.4, -0.2) is 27.2 Å². The molecule has 1 N–H and O–H groups in total. The molecular weight excluding hydrogens is 328 g/mol. The third kappa shape index (κ3) is 3.34. The van der Waals surface area contributed by atoms with E-state index >= 15 is 0 Å². The van der Waals surface area contributed by atoms with Crippen molar-refractivity contribution in [2.75, 3.05) is 11.1 Å². The number of hydrogen-bond donors (Lipinski definition) is 1. The van der Waals surface area contributed by atoms with E-state index in [2.05, 4.69) is 10.3 Å². The number of rotatable bonds is 4. The molecule has 1 aromatic carbocycles. The van der Waals surface area contributed by atoms with Crippen LogP contribution in [0.4, 0.5) is 14.5 Å². The number of hydrogen-bond acceptors (Lipinski definition) is 5. The van der Waals surface area contributed by atoms with Gasteiger partial charge >= 0.3 is 12.5 Å². The molecule has 0 radical (unpaired) electrons. The second-order valence-electron chi connectivity index (χ2n) is 4.65. The van der Waals surface area contributed by atoms with E-state index in [-0.39, 0.29) is 23.9 Å². The maximum atomic E-state index is 12.7. The summed E-state index contributed by atoms with van der Waals surface area (Å²) >= 11 is 1.37. The Labute approximate surface area is 133 Å². The van der Waals surface area contributed by atoms with Crippen molar-refractivity contribution in [3.63, 3.8) is 0 Å². The van der Waals surface area contributed by atoms with Crippen molar-refractivity contribution < 1.29 is 23.1 Å².